The van der Waals surface area contributed by atoms with Crippen molar-refractivity contribution >= 4 is 28.3 Å². The number of methoxy groups -OCH3 is 1. The molecule has 0 fully saturated rings. The minimum atomic E-state index is -0.767. The summed E-state index contributed by atoms with van der Waals surface area (Å²) in [5.41, 5.74) is 5.34. The number of aryl methyl sites for hydroxylation is 1. The van der Waals surface area contributed by atoms with Crippen LogP contribution in [0.15, 0.2) is 78.3 Å². The molecule has 1 N–H and O–H groups in total. The zero-order valence-corrected chi connectivity index (χ0v) is 19.6. The summed E-state index contributed by atoms with van der Waals surface area (Å²) in [7, 11) is 1.64. The highest BCUT2D eigenvalue weighted by Crippen LogP contribution is 2.36. The largest absolute Gasteiger partial charge is 0.497 e. The molecular formula is C27H23N3O3S. The number of thiazole rings is 1. The van der Waals surface area contributed by atoms with Gasteiger partial charge in [-0.1, -0.05) is 48.5 Å². The van der Waals surface area contributed by atoms with Gasteiger partial charge in [-0.15, -0.1) is 11.3 Å². The van der Waals surface area contributed by atoms with E-state index in [1.807, 2.05) is 73.7 Å². The molecule has 0 aliphatic carbocycles. The number of amides is 2. The highest BCUT2D eigenvalue weighted by molar-refractivity contribution is 7.13. The summed E-state index contributed by atoms with van der Waals surface area (Å²) < 4.78 is 5.32. The molecule has 2 amide bonds. The molecule has 7 heteroatoms. The Balaban J connectivity index is 1.48. The standard InChI is InChI=1S/C27H23N3O3S/c1-17-14-21(33-2)10-11-22(17)19-8-9-20-16-30(26(32)23(20)15-19)24(18-6-4-3-5-7-18)25(31)29-27-28-12-13-34-27/h3-15,24H,16H2,1-2H3,(H,28,29,31)/t24-/m1/s1. The van der Waals surface area contributed by atoms with Gasteiger partial charge in [0.2, 0.25) is 0 Å². The number of aromatic nitrogens is 1. The van der Waals surface area contributed by atoms with Crippen LogP contribution in [0.3, 0.4) is 0 Å². The number of hydrogen-bond acceptors (Lipinski definition) is 5. The fraction of sp³-hybridized carbons (Fsp3) is 0.148. The van der Waals surface area contributed by atoms with Crippen molar-refractivity contribution in [1.82, 2.24) is 9.88 Å². The first-order valence-corrected chi connectivity index (χ1v) is 11.8. The zero-order valence-electron chi connectivity index (χ0n) is 18.8. The lowest BCUT2D eigenvalue weighted by Gasteiger charge is -2.27. The van der Waals surface area contributed by atoms with Crippen molar-refractivity contribution in [2.45, 2.75) is 19.5 Å². The quantitative estimate of drug-likeness (QED) is 0.407. The third-order valence-corrected chi connectivity index (χ3v) is 6.71. The fourth-order valence-corrected chi connectivity index (χ4v) is 4.89. The second kappa shape index (κ2) is 9.11. The van der Waals surface area contributed by atoms with Gasteiger partial charge >= 0.3 is 0 Å². The van der Waals surface area contributed by atoms with Crippen LogP contribution in [0, 0.1) is 6.92 Å². The van der Waals surface area contributed by atoms with E-state index in [0.29, 0.717) is 17.2 Å². The molecule has 0 bridgehead atoms. The van der Waals surface area contributed by atoms with Crippen molar-refractivity contribution in [3.05, 3.63) is 101 Å². The number of nitrogens with one attached hydrogen (secondary N) is 1. The number of benzene rings is 3. The molecule has 1 atom stereocenters. The lowest BCUT2D eigenvalue weighted by Crippen LogP contribution is -2.37. The molecule has 4 aromatic rings. The van der Waals surface area contributed by atoms with Gasteiger partial charge in [-0.3, -0.25) is 14.9 Å². The number of carbonyl (C=O) groups excluding carboxylic acids is 2. The summed E-state index contributed by atoms with van der Waals surface area (Å²) in [4.78, 5) is 32.7. The fourth-order valence-electron chi connectivity index (χ4n) is 4.35. The van der Waals surface area contributed by atoms with Gasteiger partial charge in [-0.05, 0) is 52.9 Å². The van der Waals surface area contributed by atoms with E-state index in [4.69, 9.17) is 4.74 Å². The summed E-state index contributed by atoms with van der Waals surface area (Å²) in [6, 6.07) is 20.4. The Kier molecular flexibility index (Phi) is 5.86. The second-order valence-electron chi connectivity index (χ2n) is 8.13. The minimum Gasteiger partial charge on any atom is -0.497 e. The summed E-state index contributed by atoms with van der Waals surface area (Å²) in [5, 5.41) is 5.17. The first-order chi connectivity index (χ1) is 16.5. The normalized spacial score (nSPS) is 13.5. The predicted molar refractivity (Wildman–Crippen MR) is 133 cm³/mol. The Morgan fingerprint density at radius 1 is 1.09 bits per heavy atom. The number of fused-ring (bicyclic) bond motifs is 1. The Hall–Kier alpha value is -3.97. The third-order valence-electron chi connectivity index (χ3n) is 6.02. The minimum absolute atomic E-state index is 0.161. The number of hydrogen-bond donors (Lipinski definition) is 1. The van der Waals surface area contributed by atoms with E-state index in [1.165, 1.54) is 11.3 Å². The molecule has 5 rings (SSSR count). The molecular weight excluding hydrogens is 446 g/mol. The maximum absolute atomic E-state index is 13.6. The molecule has 1 aliphatic heterocycles. The molecule has 0 saturated carbocycles. The van der Waals surface area contributed by atoms with Crippen LogP contribution >= 0.6 is 11.3 Å². The maximum Gasteiger partial charge on any atom is 0.255 e. The summed E-state index contributed by atoms with van der Waals surface area (Å²) in [6.07, 6.45) is 1.64. The van der Waals surface area contributed by atoms with E-state index in [2.05, 4.69) is 10.3 Å². The van der Waals surface area contributed by atoms with E-state index in [1.54, 1.807) is 23.6 Å². The smallest absolute Gasteiger partial charge is 0.255 e. The third kappa shape index (κ3) is 4.06. The molecule has 0 unspecified atom stereocenters. The van der Waals surface area contributed by atoms with Crippen LogP contribution in [0.5, 0.6) is 5.75 Å². The SMILES string of the molecule is COc1ccc(-c2ccc3c(c2)C(=O)N([C@@H](C(=O)Nc2nccs2)c2ccccc2)C3)c(C)c1. The zero-order chi connectivity index (χ0) is 23.7. The van der Waals surface area contributed by atoms with Crippen LogP contribution in [0.1, 0.15) is 33.1 Å². The molecule has 0 spiro atoms. The highest BCUT2D eigenvalue weighted by atomic mass is 32.1. The van der Waals surface area contributed by atoms with Crippen LogP contribution in [0.2, 0.25) is 0 Å². The van der Waals surface area contributed by atoms with Gasteiger partial charge in [0, 0.05) is 23.7 Å². The molecule has 34 heavy (non-hydrogen) atoms. The average molecular weight is 470 g/mol. The average Bonchev–Trinajstić information content (AvgIpc) is 3.48. The molecule has 170 valence electrons. The summed E-state index contributed by atoms with van der Waals surface area (Å²) >= 11 is 1.34. The molecule has 2 heterocycles. The van der Waals surface area contributed by atoms with E-state index in [0.717, 1.165) is 33.6 Å². The van der Waals surface area contributed by atoms with Crippen molar-refractivity contribution in [3.63, 3.8) is 0 Å². The first-order valence-electron chi connectivity index (χ1n) is 10.9. The van der Waals surface area contributed by atoms with Crippen molar-refractivity contribution in [2.24, 2.45) is 0 Å². The van der Waals surface area contributed by atoms with Crippen LogP contribution in [-0.2, 0) is 11.3 Å². The van der Waals surface area contributed by atoms with Crippen molar-refractivity contribution in [3.8, 4) is 16.9 Å². The van der Waals surface area contributed by atoms with E-state index in [9.17, 15) is 9.59 Å². The molecule has 1 aromatic heterocycles. The molecule has 3 aromatic carbocycles. The van der Waals surface area contributed by atoms with Gasteiger partial charge in [-0.2, -0.15) is 0 Å². The van der Waals surface area contributed by atoms with Crippen molar-refractivity contribution in [1.29, 1.82) is 0 Å². The van der Waals surface area contributed by atoms with Gasteiger partial charge in [0.15, 0.2) is 5.13 Å². The van der Waals surface area contributed by atoms with E-state index in [-0.39, 0.29) is 11.8 Å². The Morgan fingerprint density at radius 2 is 1.91 bits per heavy atom. The van der Waals surface area contributed by atoms with Gasteiger partial charge in [0.05, 0.1) is 7.11 Å². The van der Waals surface area contributed by atoms with E-state index < -0.39 is 6.04 Å². The first kappa shape index (κ1) is 21.9. The number of anilines is 1. The number of nitrogens with zero attached hydrogens (tertiary/aromatic N) is 2. The Labute approximate surface area is 201 Å². The topological polar surface area (TPSA) is 71.5 Å². The molecule has 6 nitrogen and oxygen atoms in total. The van der Waals surface area contributed by atoms with E-state index >= 15 is 0 Å². The second-order valence-corrected chi connectivity index (χ2v) is 9.02. The lowest BCUT2D eigenvalue weighted by atomic mass is 9.97. The van der Waals surface area contributed by atoms with Crippen molar-refractivity contribution < 1.29 is 14.3 Å². The number of rotatable bonds is 6. The van der Waals surface area contributed by atoms with Gasteiger partial charge in [0.25, 0.3) is 11.8 Å². The molecule has 0 radical (unpaired) electrons. The van der Waals surface area contributed by atoms with Crippen LogP contribution in [-0.4, -0.2) is 28.8 Å². The number of ether oxygens (including phenoxy) is 1. The van der Waals surface area contributed by atoms with Crippen LogP contribution < -0.4 is 10.1 Å². The predicted octanol–water partition coefficient (Wildman–Crippen LogP) is 5.46. The van der Waals surface area contributed by atoms with Crippen LogP contribution in [0.4, 0.5) is 5.13 Å². The van der Waals surface area contributed by atoms with Gasteiger partial charge < -0.3 is 9.64 Å². The Bertz CT molecular complexity index is 1350. The Morgan fingerprint density at radius 3 is 2.62 bits per heavy atom. The van der Waals surface area contributed by atoms with Gasteiger partial charge in [-0.25, -0.2) is 4.98 Å². The van der Waals surface area contributed by atoms with Crippen molar-refractivity contribution in [2.75, 3.05) is 12.4 Å². The summed E-state index contributed by atoms with van der Waals surface area (Å²) in [6.45, 7) is 2.38. The monoisotopic (exact) mass is 469 g/mol. The molecule has 0 saturated heterocycles. The number of carbonyl (C=O) groups is 2. The van der Waals surface area contributed by atoms with Gasteiger partial charge in [0.1, 0.15) is 11.8 Å². The maximum atomic E-state index is 13.6. The van der Waals surface area contributed by atoms with Crippen LogP contribution in [0.25, 0.3) is 11.1 Å². The summed E-state index contributed by atoms with van der Waals surface area (Å²) in [5.74, 6) is 0.348. The highest BCUT2D eigenvalue weighted by Gasteiger charge is 2.37. The lowest BCUT2D eigenvalue weighted by molar-refractivity contribution is -0.120. The molecule has 1 aliphatic rings.